The standard InChI is InChI=1S/C17H16N4O2/c1-10-15(12-5-3-2-4-6-12)19-20-16(10)18-17(22)14-9-13(21-23-14)11-7-8-11/h2-6,9,11H,7-8H2,1H3,(H2,18,19,20,22). The lowest BCUT2D eigenvalue weighted by molar-refractivity contribution is 0.0987. The van der Waals surface area contributed by atoms with Crippen LogP contribution in [0.4, 0.5) is 5.82 Å². The molecule has 0 saturated heterocycles. The van der Waals surface area contributed by atoms with Crippen LogP contribution in [0.25, 0.3) is 11.3 Å². The van der Waals surface area contributed by atoms with Crippen LogP contribution >= 0.6 is 0 Å². The van der Waals surface area contributed by atoms with Crippen LogP contribution < -0.4 is 5.32 Å². The molecule has 1 aromatic carbocycles. The monoisotopic (exact) mass is 308 g/mol. The molecule has 6 nitrogen and oxygen atoms in total. The zero-order valence-corrected chi connectivity index (χ0v) is 12.7. The minimum absolute atomic E-state index is 0.218. The van der Waals surface area contributed by atoms with E-state index >= 15 is 0 Å². The fourth-order valence-corrected chi connectivity index (χ4v) is 2.54. The van der Waals surface area contributed by atoms with Gasteiger partial charge < -0.3 is 9.84 Å². The highest BCUT2D eigenvalue weighted by atomic mass is 16.5. The molecule has 2 aromatic heterocycles. The van der Waals surface area contributed by atoms with Crippen LogP contribution in [0.2, 0.25) is 0 Å². The molecule has 3 aromatic rings. The van der Waals surface area contributed by atoms with E-state index < -0.39 is 0 Å². The molecule has 4 rings (SSSR count). The van der Waals surface area contributed by atoms with Crippen LogP contribution in [0.5, 0.6) is 0 Å². The van der Waals surface area contributed by atoms with Gasteiger partial charge in [-0.3, -0.25) is 9.89 Å². The summed E-state index contributed by atoms with van der Waals surface area (Å²) in [5, 5.41) is 13.9. The SMILES string of the molecule is Cc1c(NC(=O)c2cc(C3CC3)no2)n[nH]c1-c1ccccc1. The second-order valence-corrected chi connectivity index (χ2v) is 5.78. The van der Waals surface area contributed by atoms with Gasteiger partial charge in [0.1, 0.15) is 0 Å². The van der Waals surface area contributed by atoms with Gasteiger partial charge in [-0.1, -0.05) is 35.5 Å². The van der Waals surface area contributed by atoms with Crippen molar-refractivity contribution < 1.29 is 9.32 Å². The molecule has 6 heteroatoms. The summed E-state index contributed by atoms with van der Waals surface area (Å²) in [5.74, 6) is 0.838. The van der Waals surface area contributed by atoms with Crippen molar-refractivity contribution >= 4 is 11.7 Å². The fraction of sp³-hybridized carbons (Fsp3) is 0.235. The Morgan fingerprint density at radius 1 is 1.30 bits per heavy atom. The van der Waals surface area contributed by atoms with Gasteiger partial charge in [0.05, 0.1) is 11.4 Å². The van der Waals surface area contributed by atoms with Crippen LogP contribution in [0.1, 0.15) is 40.6 Å². The Kier molecular flexibility index (Phi) is 3.22. The van der Waals surface area contributed by atoms with Gasteiger partial charge in [-0.25, -0.2) is 0 Å². The molecule has 0 atom stereocenters. The molecule has 2 heterocycles. The first-order chi connectivity index (χ1) is 11.2. The van der Waals surface area contributed by atoms with E-state index in [0.29, 0.717) is 11.7 Å². The van der Waals surface area contributed by atoms with E-state index in [1.54, 1.807) is 6.07 Å². The molecule has 2 N–H and O–H groups in total. The van der Waals surface area contributed by atoms with Gasteiger partial charge in [0, 0.05) is 17.5 Å². The topological polar surface area (TPSA) is 83.8 Å². The summed E-state index contributed by atoms with van der Waals surface area (Å²) in [6, 6.07) is 11.6. The molecular formula is C17H16N4O2. The minimum Gasteiger partial charge on any atom is -0.351 e. The van der Waals surface area contributed by atoms with Crippen LogP contribution in [-0.4, -0.2) is 21.3 Å². The number of hydrogen-bond acceptors (Lipinski definition) is 4. The maximum absolute atomic E-state index is 12.3. The highest BCUT2D eigenvalue weighted by Gasteiger charge is 2.28. The number of H-pyrrole nitrogens is 1. The number of carbonyl (C=O) groups excluding carboxylic acids is 1. The molecule has 1 fully saturated rings. The van der Waals surface area contributed by atoms with Gasteiger partial charge in [0.15, 0.2) is 5.82 Å². The summed E-state index contributed by atoms with van der Waals surface area (Å²) in [4.78, 5) is 12.3. The van der Waals surface area contributed by atoms with Crippen LogP contribution in [-0.2, 0) is 0 Å². The number of hydrogen-bond donors (Lipinski definition) is 2. The van der Waals surface area contributed by atoms with Gasteiger partial charge in [-0.2, -0.15) is 5.10 Å². The van der Waals surface area contributed by atoms with Crippen LogP contribution in [0.15, 0.2) is 40.9 Å². The molecule has 0 bridgehead atoms. The second kappa shape index (κ2) is 5.39. The molecule has 1 saturated carbocycles. The summed E-state index contributed by atoms with van der Waals surface area (Å²) < 4.78 is 5.13. The Hall–Kier alpha value is -2.89. The first kappa shape index (κ1) is 13.8. The number of anilines is 1. The van der Waals surface area contributed by atoms with E-state index in [-0.39, 0.29) is 11.7 Å². The molecule has 1 amide bonds. The molecule has 1 aliphatic carbocycles. The molecule has 0 unspecified atom stereocenters. The van der Waals surface area contributed by atoms with Crippen molar-refractivity contribution in [2.45, 2.75) is 25.7 Å². The summed E-state index contributed by atoms with van der Waals surface area (Å²) in [6.45, 7) is 1.91. The molecule has 0 spiro atoms. The average Bonchev–Trinajstić information content (AvgIpc) is 3.20. The first-order valence-electron chi connectivity index (χ1n) is 7.60. The van der Waals surface area contributed by atoms with Crippen molar-refractivity contribution in [3.8, 4) is 11.3 Å². The molecule has 0 aliphatic heterocycles. The predicted molar refractivity (Wildman–Crippen MR) is 85.2 cm³/mol. The molecule has 0 radical (unpaired) electrons. The zero-order valence-electron chi connectivity index (χ0n) is 12.7. The van der Waals surface area contributed by atoms with E-state index in [1.165, 1.54) is 0 Å². The van der Waals surface area contributed by atoms with Gasteiger partial charge in [-0.05, 0) is 25.3 Å². The Balaban J connectivity index is 1.54. The Morgan fingerprint density at radius 3 is 2.83 bits per heavy atom. The van der Waals surface area contributed by atoms with E-state index in [2.05, 4.69) is 20.7 Å². The van der Waals surface area contributed by atoms with Crippen molar-refractivity contribution in [1.29, 1.82) is 0 Å². The van der Waals surface area contributed by atoms with Gasteiger partial charge in [0.2, 0.25) is 5.76 Å². The third-order valence-corrected chi connectivity index (χ3v) is 4.05. The number of amides is 1. The number of aromatic nitrogens is 3. The smallest absolute Gasteiger partial charge is 0.295 e. The van der Waals surface area contributed by atoms with Crippen molar-refractivity contribution in [1.82, 2.24) is 15.4 Å². The minimum atomic E-state index is -0.335. The highest BCUT2D eigenvalue weighted by Crippen LogP contribution is 2.39. The largest absolute Gasteiger partial charge is 0.351 e. The van der Waals surface area contributed by atoms with E-state index in [4.69, 9.17) is 4.52 Å². The molecule has 116 valence electrons. The highest BCUT2D eigenvalue weighted by molar-refractivity contribution is 6.02. The maximum atomic E-state index is 12.3. The number of nitrogens with zero attached hydrogens (tertiary/aromatic N) is 2. The summed E-state index contributed by atoms with van der Waals surface area (Å²) in [5.41, 5.74) is 3.65. The van der Waals surface area contributed by atoms with Gasteiger partial charge >= 0.3 is 0 Å². The fourth-order valence-electron chi connectivity index (χ4n) is 2.54. The average molecular weight is 308 g/mol. The van der Waals surface area contributed by atoms with Crippen LogP contribution in [0.3, 0.4) is 0 Å². The number of rotatable bonds is 4. The Labute approximate surface area is 132 Å². The quantitative estimate of drug-likeness (QED) is 0.772. The second-order valence-electron chi connectivity index (χ2n) is 5.78. The van der Waals surface area contributed by atoms with Crippen molar-refractivity contribution in [3.05, 3.63) is 53.4 Å². The van der Waals surface area contributed by atoms with E-state index in [0.717, 1.165) is 35.4 Å². The normalized spacial score (nSPS) is 14.0. The van der Waals surface area contributed by atoms with E-state index in [1.807, 2.05) is 37.3 Å². The molecule has 1 aliphatic rings. The maximum Gasteiger partial charge on any atom is 0.295 e. The third-order valence-electron chi connectivity index (χ3n) is 4.05. The lowest BCUT2D eigenvalue weighted by Gasteiger charge is -2.01. The van der Waals surface area contributed by atoms with E-state index in [9.17, 15) is 4.79 Å². The van der Waals surface area contributed by atoms with Crippen molar-refractivity contribution in [2.75, 3.05) is 5.32 Å². The zero-order chi connectivity index (χ0) is 15.8. The number of benzene rings is 1. The first-order valence-corrected chi connectivity index (χ1v) is 7.60. The van der Waals surface area contributed by atoms with Gasteiger partial charge in [0.25, 0.3) is 5.91 Å². The number of carbonyl (C=O) groups is 1. The van der Waals surface area contributed by atoms with Crippen LogP contribution in [0, 0.1) is 6.92 Å². The van der Waals surface area contributed by atoms with Crippen molar-refractivity contribution in [2.24, 2.45) is 0 Å². The lowest BCUT2D eigenvalue weighted by atomic mass is 10.1. The van der Waals surface area contributed by atoms with Gasteiger partial charge in [-0.15, -0.1) is 0 Å². The third kappa shape index (κ3) is 2.63. The lowest BCUT2D eigenvalue weighted by Crippen LogP contribution is -2.12. The summed E-state index contributed by atoms with van der Waals surface area (Å²) in [7, 11) is 0. The number of aromatic amines is 1. The number of nitrogens with one attached hydrogen (secondary N) is 2. The molecule has 23 heavy (non-hydrogen) atoms. The summed E-state index contributed by atoms with van der Waals surface area (Å²) in [6.07, 6.45) is 2.24. The Bertz CT molecular complexity index is 847. The summed E-state index contributed by atoms with van der Waals surface area (Å²) >= 11 is 0. The van der Waals surface area contributed by atoms with Crippen molar-refractivity contribution in [3.63, 3.8) is 0 Å². The Morgan fingerprint density at radius 2 is 2.09 bits per heavy atom. The molecular weight excluding hydrogens is 292 g/mol. The predicted octanol–water partition coefficient (Wildman–Crippen LogP) is 3.50.